The number of aromatic nitrogens is 1. The topological polar surface area (TPSA) is 48.4 Å². The number of pyridine rings is 1. The molecule has 0 radical (unpaired) electrons. The lowest BCUT2D eigenvalue weighted by molar-refractivity contribution is 0.475. The Labute approximate surface area is 120 Å². The zero-order valence-corrected chi connectivity index (χ0v) is 12.2. The molecule has 106 valence electrons. The van der Waals surface area contributed by atoms with E-state index in [4.69, 9.17) is 0 Å². The number of phenols is 1. The number of aromatic hydroxyl groups is 1. The molecule has 4 nitrogen and oxygen atoms in total. The number of hydrogen-bond acceptors (Lipinski definition) is 4. The molecule has 0 fully saturated rings. The molecule has 0 aliphatic rings. The van der Waals surface area contributed by atoms with E-state index in [2.05, 4.69) is 17.2 Å². The maximum Gasteiger partial charge on any atom is 0.151 e. The molecule has 4 heteroatoms. The van der Waals surface area contributed by atoms with Gasteiger partial charge in [0.15, 0.2) is 5.82 Å². The van der Waals surface area contributed by atoms with Crippen LogP contribution >= 0.6 is 0 Å². The van der Waals surface area contributed by atoms with Crippen molar-refractivity contribution in [2.24, 2.45) is 0 Å². The van der Waals surface area contributed by atoms with Crippen molar-refractivity contribution in [1.82, 2.24) is 4.98 Å². The molecule has 0 spiro atoms. The van der Waals surface area contributed by atoms with E-state index in [9.17, 15) is 5.11 Å². The van der Waals surface area contributed by atoms with Crippen LogP contribution in [0.3, 0.4) is 0 Å². The molecule has 2 N–H and O–H groups in total. The lowest BCUT2D eigenvalue weighted by Gasteiger charge is -2.22. The summed E-state index contributed by atoms with van der Waals surface area (Å²) < 4.78 is 0. The summed E-state index contributed by atoms with van der Waals surface area (Å²) >= 11 is 0. The molecule has 20 heavy (non-hydrogen) atoms. The van der Waals surface area contributed by atoms with Gasteiger partial charge in [-0.15, -0.1) is 0 Å². The second kappa shape index (κ2) is 6.28. The molecule has 0 saturated heterocycles. The van der Waals surface area contributed by atoms with Gasteiger partial charge in [0.25, 0.3) is 0 Å². The predicted octanol–water partition coefficient (Wildman–Crippen LogP) is 3.42. The normalized spacial score (nSPS) is 11.9. The van der Waals surface area contributed by atoms with Crippen LogP contribution in [-0.4, -0.2) is 24.2 Å². The number of nitrogens with one attached hydrogen (secondary N) is 1. The van der Waals surface area contributed by atoms with Crippen LogP contribution in [0.5, 0.6) is 5.75 Å². The maximum absolute atomic E-state index is 9.38. The fraction of sp³-hybridized carbons (Fsp3) is 0.312. The summed E-state index contributed by atoms with van der Waals surface area (Å²) in [5, 5.41) is 12.9. The third kappa shape index (κ3) is 3.20. The van der Waals surface area contributed by atoms with Crippen LogP contribution in [0.15, 0.2) is 42.6 Å². The van der Waals surface area contributed by atoms with E-state index in [-0.39, 0.29) is 6.04 Å². The third-order valence-electron chi connectivity index (χ3n) is 3.24. The quantitative estimate of drug-likeness (QED) is 0.875. The Morgan fingerprint density at radius 3 is 2.50 bits per heavy atom. The highest BCUT2D eigenvalue weighted by molar-refractivity contribution is 5.65. The van der Waals surface area contributed by atoms with E-state index in [1.165, 1.54) is 0 Å². The van der Waals surface area contributed by atoms with Crippen LogP contribution in [0.1, 0.15) is 24.9 Å². The van der Waals surface area contributed by atoms with Gasteiger partial charge in [-0.1, -0.05) is 19.1 Å². The molecule has 0 aliphatic carbocycles. The molecule has 0 aliphatic heterocycles. The molecule has 1 aromatic heterocycles. The van der Waals surface area contributed by atoms with Gasteiger partial charge < -0.3 is 15.3 Å². The highest BCUT2D eigenvalue weighted by Gasteiger charge is 2.12. The lowest BCUT2D eigenvalue weighted by Crippen LogP contribution is -2.16. The van der Waals surface area contributed by atoms with Crippen molar-refractivity contribution in [3.63, 3.8) is 0 Å². The summed E-state index contributed by atoms with van der Waals surface area (Å²) in [6.07, 6.45) is 2.74. The fourth-order valence-corrected chi connectivity index (χ4v) is 2.18. The Kier molecular flexibility index (Phi) is 4.45. The molecule has 2 aromatic rings. The summed E-state index contributed by atoms with van der Waals surface area (Å²) in [5.41, 5.74) is 2.16. The number of hydrogen-bond donors (Lipinski definition) is 2. The van der Waals surface area contributed by atoms with Crippen LogP contribution in [-0.2, 0) is 0 Å². The number of phenolic OH excluding ortho intramolecular Hbond substituents is 1. The molecule has 0 amide bonds. The Morgan fingerprint density at radius 2 is 1.90 bits per heavy atom. The lowest BCUT2D eigenvalue weighted by atomic mass is 10.0. The van der Waals surface area contributed by atoms with E-state index in [1.54, 1.807) is 18.3 Å². The zero-order chi connectivity index (χ0) is 14.5. The van der Waals surface area contributed by atoms with Crippen LogP contribution in [0, 0.1) is 0 Å². The van der Waals surface area contributed by atoms with E-state index < -0.39 is 0 Å². The van der Waals surface area contributed by atoms with E-state index in [1.807, 2.05) is 43.3 Å². The van der Waals surface area contributed by atoms with Crippen molar-refractivity contribution in [1.29, 1.82) is 0 Å². The highest BCUT2D eigenvalue weighted by atomic mass is 16.3. The summed E-state index contributed by atoms with van der Waals surface area (Å²) in [6, 6.07) is 11.5. The first-order valence-electron chi connectivity index (χ1n) is 6.79. The first-order valence-corrected chi connectivity index (χ1v) is 6.79. The molecule has 0 saturated carbocycles. The van der Waals surface area contributed by atoms with Gasteiger partial charge in [0.2, 0.25) is 0 Å². The Hall–Kier alpha value is -2.23. The first kappa shape index (κ1) is 14.2. The molecule has 1 atom stereocenters. The largest absolute Gasteiger partial charge is 0.508 e. The third-order valence-corrected chi connectivity index (χ3v) is 3.24. The fourth-order valence-electron chi connectivity index (χ4n) is 2.18. The van der Waals surface area contributed by atoms with Gasteiger partial charge in [-0.3, -0.25) is 0 Å². The minimum absolute atomic E-state index is 0.193. The minimum atomic E-state index is 0.193. The van der Waals surface area contributed by atoms with Gasteiger partial charge in [-0.05, 0) is 36.2 Å². The minimum Gasteiger partial charge on any atom is -0.508 e. The molecule has 1 aromatic carbocycles. The maximum atomic E-state index is 9.38. The Morgan fingerprint density at radius 1 is 1.20 bits per heavy atom. The van der Waals surface area contributed by atoms with Crippen molar-refractivity contribution >= 4 is 11.5 Å². The van der Waals surface area contributed by atoms with Gasteiger partial charge in [0.1, 0.15) is 5.75 Å². The van der Waals surface area contributed by atoms with Crippen molar-refractivity contribution in [2.75, 3.05) is 24.3 Å². The smallest absolute Gasteiger partial charge is 0.151 e. The van der Waals surface area contributed by atoms with Crippen molar-refractivity contribution in [3.05, 3.63) is 48.2 Å². The average Bonchev–Trinajstić information content (AvgIpc) is 2.46. The summed E-state index contributed by atoms with van der Waals surface area (Å²) in [6.45, 7) is 2.14. The molecule has 1 heterocycles. The number of benzene rings is 1. The van der Waals surface area contributed by atoms with Crippen molar-refractivity contribution in [2.45, 2.75) is 19.4 Å². The van der Waals surface area contributed by atoms with Gasteiger partial charge in [-0.25, -0.2) is 4.98 Å². The number of nitrogens with zero attached hydrogens (tertiary/aromatic N) is 2. The average molecular weight is 271 g/mol. The summed E-state index contributed by atoms with van der Waals surface area (Å²) in [7, 11) is 3.96. The van der Waals surface area contributed by atoms with Crippen LogP contribution in [0.2, 0.25) is 0 Å². The molecule has 0 bridgehead atoms. The van der Waals surface area contributed by atoms with Gasteiger partial charge in [0.05, 0.1) is 11.7 Å². The van der Waals surface area contributed by atoms with Crippen molar-refractivity contribution in [3.8, 4) is 5.75 Å². The van der Waals surface area contributed by atoms with E-state index in [0.717, 1.165) is 23.5 Å². The van der Waals surface area contributed by atoms with Crippen LogP contribution in [0.4, 0.5) is 11.5 Å². The van der Waals surface area contributed by atoms with Crippen molar-refractivity contribution < 1.29 is 5.11 Å². The standard InChI is InChI=1S/C16H21N3O/c1-4-14(12-7-9-13(20)10-8-12)18-15-6-5-11-17-16(15)19(2)3/h5-11,14,18,20H,4H2,1-3H3. The predicted molar refractivity (Wildman–Crippen MR) is 83.3 cm³/mol. The second-order valence-corrected chi connectivity index (χ2v) is 4.97. The number of rotatable bonds is 5. The molecular formula is C16H21N3O. The molecular weight excluding hydrogens is 250 g/mol. The summed E-state index contributed by atoms with van der Waals surface area (Å²) in [4.78, 5) is 6.39. The Balaban J connectivity index is 2.24. The first-order chi connectivity index (χ1) is 9.61. The second-order valence-electron chi connectivity index (χ2n) is 4.97. The van der Waals surface area contributed by atoms with Crippen LogP contribution < -0.4 is 10.2 Å². The Bertz CT molecular complexity index is 552. The molecule has 2 rings (SSSR count). The van der Waals surface area contributed by atoms with E-state index in [0.29, 0.717) is 5.75 Å². The van der Waals surface area contributed by atoms with Gasteiger partial charge in [-0.2, -0.15) is 0 Å². The van der Waals surface area contributed by atoms with Crippen LogP contribution in [0.25, 0.3) is 0 Å². The summed E-state index contributed by atoms with van der Waals surface area (Å²) in [5.74, 6) is 1.21. The molecule has 1 unspecified atom stereocenters. The van der Waals surface area contributed by atoms with E-state index >= 15 is 0 Å². The van der Waals surface area contributed by atoms with Gasteiger partial charge in [0, 0.05) is 20.3 Å². The number of anilines is 2. The zero-order valence-electron chi connectivity index (χ0n) is 12.2. The monoisotopic (exact) mass is 271 g/mol. The highest BCUT2D eigenvalue weighted by Crippen LogP contribution is 2.28. The SMILES string of the molecule is CCC(Nc1cccnc1N(C)C)c1ccc(O)cc1. The van der Waals surface area contributed by atoms with Gasteiger partial charge >= 0.3 is 0 Å².